The number of benzene rings is 1. The number of halogens is 1. The molecule has 0 spiro atoms. The van der Waals surface area contributed by atoms with Crippen LogP contribution in [0.25, 0.3) is 0 Å². The minimum atomic E-state index is 0.686. The Kier molecular flexibility index (Phi) is 4.34. The molecule has 1 fully saturated rings. The van der Waals surface area contributed by atoms with E-state index in [1.807, 2.05) is 24.3 Å². The molecule has 5 nitrogen and oxygen atoms in total. The first kappa shape index (κ1) is 14.3. The average molecular weight is 348 g/mol. The summed E-state index contributed by atoms with van der Waals surface area (Å²) in [7, 11) is 0. The van der Waals surface area contributed by atoms with Gasteiger partial charge in [0.05, 0.1) is 6.20 Å². The highest BCUT2D eigenvalue weighted by Gasteiger charge is 2.19. The van der Waals surface area contributed by atoms with Crippen molar-refractivity contribution < 1.29 is 0 Å². The number of nitrogens with zero attached hydrogens (tertiary/aromatic N) is 4. The van der Waals surface area contributed by atoms with Crippen LogP contribution in [0.1, 0.15) is 19.8 Å². The first-order valence-electron chi connectivity index (χ1n) is 7.18. The van der Waals surface area contributed by atoms with Crippen LogP contribution in [-0.2, 0) is 0 Å². The third-order valence-electron chi connectivity index (χ3n) is 3.60. The first-order chi connectivity index (χ1) is 10.2. The van der Waals surface area contributed by atoms with Crippen LogP contribution in [-0.4, -0.2) is 28.3 Å². The summed E-state index contributed by atoms with van der Waals surface area (Å²) in [4.78, 5) is 6.79. The highest BCUT2D eigenvalue weighted by atomic mass is 79.9. The van der Waals surface area contributed by atoms with E-state index in [1.54, 1.807) is 6.20 Å². The van der Waals surface area contributed by atoms with Crippen molar-refractivity contribution in [2.45, 2.75) is 19.8 Å². The smallest absolute Gasteiger partial charge is 0.247 e. The number of hydrogen-bond acceptors (Lipinski definition) is 5. The standard InChI is InChI=1S/C15H18BrN5/c1-11-3-2-8-21(10-11)15-19-14(9-17-20-15)18-13-6-4-12(16)5-7-13/h4-7,9,11H,2-3,8,10H2,1H3,(H,18,19,20). The van der Waals surface area contributed by atoms with Crippen LogP contribution in [0, 0.1) is 5.92 Å². The highest BCUT2D eigenvalue weighted by molar-refractivity contribution is 9.10. The zero-order valence-electron chi connectivity index (χ0n) is 12.0. The van der Waals surface area contributed by atoms with Crippen LogP contribution in [0.4, 0.5) is 17.5 Å². The van der Waals surface area contributed by atoms with E-state index in [0.29, 0.717) is 11.9 Å². The van der Waals surface area contributed by atoms with E-state index >= 15 is 0 Å². The van der Waals surface area contributed by atoms with Crippen molar-refractivity contribution in [3.63, 3.8) is 0 Å². The average Bonchev–Trinajstić information content (AvgIpc) is 2.50. The van der Waals surface area contributed by atoms with E-state index in [0.717, 1.165) is 29.1 Å². The topological polar surface area (TPSA) is 53.9 Å². The number of nitrogens with one attached hydrogen (secondary N) is 1. The number of rotatable bonds is 3. The molecule has 0 aliphatic carbocycles. The van der Waals surface area contributed by atoms with Crippen LogP contribution in [0.15, 0.2) is 34.9 Å². The molecule has 0 saturated carbocycles. The lowest BCUT2D eigenvalue weighted by Gasteiger charge is -2.30. The lowest BCUT2D eigenvalue weighted by Crippen LogP contribution is -2.35. The van der Waals surface area contributed by atoms with Gasteiger partial charge in [0, 0.05) is 23.2 Å². The maximum Gasteiger partial charge on any atom is 0.247 e. The second-order valence-corrected chi connectivity index (χ2v) is 6.38. The summed E-state index contributed by atoms with van der Waals surface area (Å²) in [5, 5.41) is 11.5. The fraction of sp³-hybridized carbons (Fsp3) is 0.400. The molecule has 3 rings (SSSR count). The third-order valence-corrected chi connectivity index (χ3v) is 4.13. The molecule has 0 amide bonds. The third kappa shape index (κ3) is 3.69. The number of aromatic nitrogens is 3. The van der Waals surface area contributed by atoms with Crippen LogP contribution < -0.4 is 10.2 Å². The van der Waals surface area contributed by atoms with Gasteiger partial charge in [0.25, 0.3) is 0 Å². The fourth-order valence-corrected chi connectivity index (χ4v) is 2.80. The molecular weight excluding hydrogens is 330 g/mol. The summed E-state index contributed by atoms with van der Waals surface area (Å²) >= 11 is 3.43. The molecule has 1 atom stereocenters. The molecule has 0 bridgehead atoms. The molecule has 6 heteroatoms. The zero-order valence-corrected chi connectivity index (χ0v) is 13.5. The summed E-state index contributed by atoms with van der Waals surface area (Å²) in [6.07, 6.45) is 4.12. The van der Waals surface area contributed by atoms with Crippen molar-refractivity contribution >= 4 is 33.4 Å². The van der Waals surface area contributed by atoms with Gasteiger partial charge in [-0.05, 0) is 43.0 Å². The maximum atomic E-state index is 4.58. The lowest BCUT2D eigenvalue weighted by atomic mass is 10.0. The van der Waals surface area contributed by atoms with Gasteiger partial charge in [0.1, 0.15) is 0 Å². The first-order valence-corrected chi connectivity index (χ1v) is 7.97. The van der Waals surface area contributed by atoms with E-state index in [1.165, 1.54) is 12.8 Å². The Bertz CT molecular complexity index is 601. The van der Waals surface area contributed by atoms with Crippen LogP contribution in [0.5, 0.6) is 0 Å². The summed E-state index contributed by atoms with van der Waals surface area (Å²) < 4.78 is 1.05. The van der Waals surface area contributed by atoms with Crippen LogP contribution >= 0.6 is 15.9 Å². The quantitative estimate of drug-likeness (QED) is 0.918. The van der Waals surface area contributed by atoms with Gasteiger partial charge in [-0.3, -0.25) is 0 Å². The fourth-order valence-electron chi connectivity index (χ4n) is 2.54. The van der Waals surface area contributed by atoms with Gasteiger partial charge in [-0.25, -0.2) is 0 Å². The number of piperidine rings is 1. The van der Waals surface area contributed by atoms with E-state index in [-0.39, 0.29) is 0 Å². The van der Waals surface area contributed by atoms with Gasteiger partial charge in [0.2, 0.25) is 5.95 Å². The molecule has 0 radical (unpaired) electrons. The zero-order chi connectivity index (χ0) is 14.7. The summed E-state index contributed by atoms with van der Waals surface area (Å²) in [5.74, 6) is 2.12. The molecule has 1 N–H and O–H groups in total. The summed E-state index contributed by atoms with van der Waals surface area (Å²) in [6, 6.07) is 7.97. The van der Waals surface area contributed by atoms with Crippen molar-refractivity contribution in [3.05, 3.63) is 34.9 Å². The molecule has 1 aliphatic rings. The summed E-state index contributed by atoms with van der Waals surface area (Å²) in [5.41, 5.74) is 0.983. The molecule has 1 saturated heterocycles. The van der Waals surface area contributed by atoms with Crippen LogP contribution in [0.2, 0.25) is 0 Å². The Hall–Kier alpha value is -1.69. The molecule has 110 valence electrons. The number of hydrogen-bond donors (Lipinski definition) is 1. The Morgan fingerprint density at radius 2 is 2.10 bits per heavy atom. The van der Waals surface area contributed by atoms with E-state index < -0.39 is 0 Å². The van der Waals surface area contributed by atoms with Crippen molar-refractivity contribution in [2.75, 3.05) is 23.3 Å². The van der Waals surface area contributed by atoms with Gasteiger partial charge in [-0.2, -0.15) is 10.1 Å². The molecule has 1 aliphatic heterocycles. The Morgan fingerprint density at radius 1 is 1.29 bits per heavy atom. The monoisotopic (exact) mass is 347 g/mol. The predicted octanol–water partition coefficient (Wildman–Crippen LogP) is 3.61. The second kappa shape index (κ2) is 6.39. The maximum absolute atomic E-state index is 4.58. The normalized spacial score (nSPS) is 18.6. The van der Waals surface area contributed by atoms with Crippen molar-refractivity contribution in [1.82, 2.24) is 15.2 Å². The van der Waals surface area contributed by atoms with Crippen molar-refractivity contribution in [1.29, 1.82) is 0 Å². The Labute approximate surface area is 132 Å². The van der Waals surface area contributed by atoms with Crippen molar-refractivity contribution in [2.24, 2.45) is 5.92 Å². The molecule has 1 unspecified atom stereocenters. The van der Waals surface area contributed by atoms with Gasteiger partial charge in [-0.15, -0.1) is 5.10 Å². The van der Waals surface area contributed by atoms with Gasteiger partial charge in [-0.1, -0.05) is 22.9 Å². The number of anilines is 3. The van der Waals surface area contributed by atoms with E-state index in [4.69, 9.17) is 0 Å². The second-order valence-electron chi connectivity index (χ2n) is 5.47. The molecular formula is C15H18BrN5. The van der Waals surface area contributed by atoms with E-state index in [2.05, 4.69) is 48.3 Å². The highest BCUT2D eigenvalue weighted by Crippen LogP contribution is 2.22. The lowest BCUT2D eigenvalue weighted by molar-refractivity contribution is 0.441. The van der Waals surface area contributed by atoms with Gasteiger partial charge >= 0.3 is 0 Å². The van der Waals surface area contributed by atoms with Gasteiger partial charge in [0.15, 0.2) is 5.82 Å². The molecule has 2 heterocycles. The van der Waals surface area contributed by atoms with Crippen molar-refractivity contribution in [3.8, 4) is 0 Å². The predicted molar refractivity (Wildman–Crippen MR) is 87.9 cm³/mol. The minimum Gasteiger partial charge on any atom is -0.339 e. The summed E-state index contributed by atoms with van der Waals surface area (Å²) in [6.45, 7) is 4.28. The van der Waals surface area contributed by atoms with E-state index in [9.17, 15) is 0 Å². The largest absolute Gasteiger partial charge is 0.339 e. The molecule has 21 heavy (non-hydrogen) atoms. The minimum absolute atomic E-state index is 0.686. The Balaban J connectivity index is 1.75. The molecule has 1 aromatic carbocycles. The molecule has 2 aromatic rings. The van der Waals surface area contributed by atoms with Gasteiger partial charge < -0.3 is 10.2 Å². The molecule has 1 aromatic heterocycles. The van der Waals surface area contributed by atoms with Crippen LogP contribution in [0.3, 0.4) is 0 Å². The SMILES string of the molecule is CC1CCCN(c2nncc(Nc3ccc(Br)cc3)n2)C1. The Morgan fingerprint density at radius 3 is 2.86 bits per heavy atom.